The highest BCUT2D eigenvalue weighted by Crippen LogP contribution is 2.24. The Labute approximate surface area is 185 Å². The topological polar surface area (TPSA) is 76.4 Å². The van der Waals surface area contributed by atoms with Gasteiger partial charge in [0.15, 0.2) is 6.10 Å². The minimum absolute atomic E-state index is 0.0717. The van der Waals surface area contributed by atoms with E-state index in [-0.39, 0.29) is 22.9 Å². The zero-order chi connectivity index (χ0) is 21.8. The summed E-state index contributed by atoms with van der Waals surface area (Å²) in [7, 11) is 0. The van der Waals surface area contributed by atoms with Crippen LogP contribution in [-0.4, -0.2) is 39.9 Å². The molecule has 0 saturated carbocycles. The van der Waals surface area contributed by atoms with Gasteiger partial charge in [0.1, 0.15) is 24.7 Å². The number of quaternary nitrogens is 1. The number of hydrogen-bond acceptors (Lipinski definition) is 5. The van der Waals surface area contributed by atoms with E-state index >= 15 is 0 Å². The van der Waals surface area contributed by atoms with E-state index in [0.717, 1.165) is 17.8 Å². The van der Waals surface area contributed by atoms with Crippen molar-refractivity contribution in [1.29, 1.82) is 0 Å². The van der Waals surface area contributed by atoms with Crippen LogP contribution < -0.4 is 15.0 Å². The Morgan fingerprint density at radius 3 is 2.65 bits per heavy atom. The number of nitrogens with zero attached hydrogens (tertiary/aromatic N) is 3. The summed E-state index contributed by atoms with van der Waals surface area (Å²) < 4.78 is 13.0. The van der Waals surface area contributed by atoms with E-state index in [1.54, 1.807) is 30.6 Å². The molecule has 0 radical (unpaired) electrons. The van der Waals surface area contributed by atoms with Gasteiger partial charge in [-0.25, -0.2) is 0 Å². The molecule has 0 amide bonds. The molecule has 1 aliphatic rings. The molecular formula is C23H24ClN3O4. The van der Waals surface area contributed by atoms with E-state index in [1.165, 1.54) is 10.6 Å². The molecule has 0 N–H and O–H groups in total. The Morgan fingerprint density at radius 2 is 2.00 bits per heavy atom. The van der Waals surface area contributed by atoms with Gasteiger partial charge in [-0.3, -0.25) is 14.3 Å². The van der Waals surface area contributed by atoms with Gasteiger partial charge in [0.05, 0.1) is 23.8 Å². The van der Waals surface area contributed by atoms with Gasteiger partial charge in [-0.1, -0.05) is 11.6 Å². The third-order valence-corrected chi connectivity index (χ3v) is 5.68. The lowest BCUT2D eigenvalue weighted by Gasteiger charge is -2.37. The standard InChI is InChI=1S/C23H24ClN3O4/c1-2-27(29)12-10-22(15-27)31-20-7-5-19(6-8-20)26-11-9-21(13-23(26)28)30-16-18-4-3-17(24)14-25-18/h3-9,11,13-14,22H,2,10,12,15-16H2,1H3/t22-,27?/m1/s1. The van der Waals surface area contributed by atoms with E-state index < -0.39 is 0 Å². The largest absolute Gasteiger partial charge is 0.633 e. The van der Waals surface area contributed by atoms with Crippen molar-refractivity contribution in [2.75, 3.05) is 19.6 Å². The van der Waals surface area contributed by atoms with Crippen LogP contribution in [0.3, 0.4) is 0 Å². The molecule has 1 aliphatic heterocycles. The van der Waals surface area contributed by atoms with Crippen molar-refractivity contribution in [3.8, 4) is 17.2 Å². The van der Waals surface area contributed by atoms with E-state index in [1.807, 2.05) is 31.2 Å². The lowest BCUT2D eigenvalue weighted by atomic mass is 10.2. The Balaban J connectivity index is 1.39. The third kappa shape index (κ3) is 5.25. The Hall–Kier alpha value is -2.87. The molecule has 4 rings (SSSR count). The number of aromatic nitrogens is 2. The van der Waals surface area contributed by atoms with Gasteiger partial charge in [-0.05, 0) is 49.4 Å². The van der Waals surface area contributed by atoms with Crippen LogP contribution in [0.25, 0.3) is 5.69 Å². The number of rotatable bonds is 7. The lowest BCUT2D eigenvalue weighted by molar-refractivity contribution is -0.867. The van der Waals surface area contributed by atoms with Crippen LogP contribution in [0.15, 0.2) is 65.7 Å². The maximum Gasteiger partial charge on any atom is 0.258 e. The molecule has 7 nitrogen and oxygen atoms in total. The van der Waals surface area contributed by atoms with E-state index in [2.05, 4.69) is 4.98 Å². The number of likely N-dealkylation sites (N-methyl/N-ethyl adjacent to an activating group) is 1. The monoisotopic (exact) mass is 441 g/mol. The molecule has 1 fully saturated rings. The molecule has 1 unspecified atom stereocenters. The van der Waals surface area contributed by atoms with Gasteiger partial charge in [-0.15, -0.1) is 0 Å². The second kappa shape index (κ2) is 9.09. The fraction of sp³-hybridized carbons (Fsp3) is 0.304. The zero-order valence-corrected chi connectivity index (χ0v) is 18.0. The smallest absolute Gasteiger partial charge is 0.258 e. The first-order valence-electron chi connectivity index (χ1n) is 10.2. The SMILES string of the molecule is CC[N+]1([O-])CC[C@@H](Oc2ccc(-n3ccc(OCc4ccc(Cl)cn4)cc3=O)cc2)C1. The maximum atomic E-state index is 12.5. The molecule has 0 aliphatic carbocycles. The predicted molar refractivity (Wildman–Crippen MR) is 119 cm³/mol. The Kier molecular flexibility index (Phi) is 6.27. The minimum atomic E-state index is -0.206. The molecular weight excluding hydrogens is 418 g/mol. The van der Waals surface area contributed by atoms with Crippen LogP contribution in [0, 0.1) is 5.21 Å². The predicted octanol–water partition coefficient (Wildman–Crippen LogP) is 3.95. The van der Waals surface area contributed by atoms with E-state index in [0.29, 0.717) is 36.2 Å². The van der Waals surface area contributed by atoms with Crippen LogP contribution in [0.2, 0.25) is 5.02 Å². The molecule has 31 heavy (non-hydrogen) atoms. The summed E-state index contributed by atoms with van der Waals surface area (Å²) in [6.07, 6.45) is 3.91. The lowest BCUT2D eigenvalue weighted by Crippen LogP contribution is -2.40. The van der Waals surface area contributed by atoms with Crippen LogP contribution in [0.1, 0.15) is 19.0 Å². The third-order valence-electron chi connectivity index (χ3n) is 5.46. The average molecular weight is 442 g/mol. The molecule has 2 atom stereocenters. The zero-order valence-electron chi connectivity index (χ0n) is 17.2. The normalized spacial score (nSPS) is 20.5. The minimum Gasteiger partial charge on any atom is -0.633 e. The fourth-order valence-electron chi connectivity index (χ4n) is 3.61. The number of benzene rings is 1. The summed E-state index contributed by atoms with van der Waals surface area (Å²) in [5, 5.41) is 12.9. The van der Waals surface area contributed by atoms with Gasteiger partial charge in [-0.2, -0.15) is 0 Å². The van der Waals surface area contributed by atoms with Crippen LogP contribution in [-0.2, 0) is 6.61 Å². The highest BCUT2D eigenvalue weighted by molar-refractivity contribution is 6.30. The molecule has 8 heteroatoms. The molecule has 0 bridgehead atoms. The average Bonchev–Trinajstić information content (AvgIpc) is 3.15. The molecule has 1 saturated heterocycles. The summed E-state index contributed by atoms with van der Waals surface area (Å²) >= 11 is 5.83. The van der Waals surface area contributed by atoms with Crippen molar-refractivity contribution in [2.24, 2.45) is 0 Å². The first-order valence-corrected chi connectivity index (χ1v) is 10.6. The van der Waals surface area contributed by atoms with Crippen molar-refractivity contribution in [3.05, 3.63) is 87.2 Å². The summed E-state index contributed by atoms with van der Waals surface area (Å²) in [6.45, 7) is 3.79. The molecule has 2 aromatic heterocycles. The number of halogens is 1. The Morgan fingerprint density at radius 1 is 1.19 bits per heavy atom. The number of hydrogen-bond donors (Lipinski definition) is 0. The van der Waals surface area contributed by atoms with Crippen molar-refractivity contribution in [2.45, 2.75) is 26.1 Å². The summed E-state index contributed by atoms with van der Waals surface area (Å²) in [6, 6.07) is 14.0. The molecule has 0 spiro atoms. The van der Waals surface area contributed by atoms with Crippen LogP contribution >= 0.6 is 11.6 Å². The Bertz CT molecular complexity index is 1090. The van der Waals surface area contributed by atoms with E-state index in [4.69, 9.17) is 21.1 Å². The van der Waals surface area contributed by atoms with Gasteiger partial charge < -0.3 is 19.3 Å². The molecule has 1 aromatic carbocycles. The second-order valence-corrected chi connectivity index (χ2v) is 8.07. The van der Waals surface area contributed by atoms with E-state index in [9.17, 15) is 10.0 Å². The second-order valence-electron chi connectivity index (χ2n) is 7.63. The summed E-state index contributed by atoms with van der Waals surface area (Å²) in [4.78, 5) is 16.7. The van der Waals surface area contributed by atoms with Gasteiger partial charge in [0.25, 0.3) is 5.56 Å². The number of pyridine rings is 2. The van der Waals surface area contributed by atoms with Crippen molar-refractivity contribution in [1.82, 2.24) is 9.55 Å². The number of likely N-dealkylation sites (tertiary alicyclic amines) is 1. The van der Waals surface area contributed by atoms with Crippen molar-refractivity contribution < 1.29 is 14.1 Å². The van der Waals surface area contributed by atoms with Crippen molar-refractivity contribution in [3.63, 3.8) is 0 Å². The summed E-state index contributed by atoms with van der Waals surface area (Å²) in [5.74, 6) is 1.16. The highest BCUT2D eigenvalue weighted by atomic mass is 35.5. The van der Waals surface area contributed by atoms with Crippen LogP contribution in [0.5, 0.6) is 11.5 Å². The van der Waals surface area contributed by atoms with Gasteiger partial charge >= 0.3 is 0 Å². The maximum absolute atomic E-state index is 12.5. The molecule has 3 heterocycles. The quantitative estimate of drug-likeness (QED) is 0.410. The van der Waals surface area contributed by atoms with Crippen LogP contribution in [0.4, 0.5) is 0 Å². The molecule has 3 aromatic rings. The van der Waals surface area contributed by atoms with Crippen molar-refractivity contribution >= 4 is 11.6 Å². The van der Waals surface area contributed by atoms with Gasteiger partial charge in [0.2, 0.25) is 0 Å². The molecule has 162 valence electrons. The first kappa shape index (κ1) is 21.4. The van der Waals surface area contributed by atoms with Gasteiger partial charge in [0, 0.05) is 30.6 Å². The highest BCUT2D eigenvalue weighted by Gasteiger charge is 2.31. The fourth-order valence-corrected chi connectivity index (χ4v) is 3.72. The first-order chi connectivity index (χ1) is 14.9. The summed E-state index contributed by atoms with van der Waals surface area (Å²) in [5.41, 5.74) is 1.23. The number of hydroxylamine groups is 3. The number of ether oxygens (including phenoxy) is 2.